The number of amides is 2. The number of aromatic amines is 1. The van der Waals surface area contributed by atoms with Gasteiger partial charge in [0.1, 0.15) is 5.69 Å². The van der Waals surface area contributed by atoms with Crippen molar-refractivity contribution in [3.63, 3.8) is 0 Å². The maximum atomic E-state index is 13.7. The van der Waals surface area contributed by atoms with E-state index in [9.17, 15) is 9.59 Å². The summed E-state index contributed by atoms with van der Waals surface area (Å²) in [4.78, 5) is 33.8. The van der Waals surface area contributed by atoms with Crippen LogP contribution in [-0.4, -0.2) is 22.8 Å². The molecule has 2 amide bonds. The van der Waals surface area contributed by atoms with E-state index in [0.29, 0.717) is 18.5 Å². The fraction of sp³-hybridized carbons (Fsp3) is 0.214. The first-order chi connectivity index (χ1) is 16.1. The lowest BCUT2D eigenvalue weighted by molar-refractivity contribution is -0.118. The van der Waals surface area contributed by atoms with Crippen LogP contribution in [0.1, 0.15) is 48.8 Å². The van der Waals surface area contributed by atoms with Crippen molar-refractivity contribution in [3.05, 3.63) is 96.2 Å². The van der Waals surface area contributed by atoms with Gasteiger partial charge in [-0.15, -0.1) is 0 Å². The molecule has 1 aliphatic heterocycles. The Morgan fingerprint density at radius 3 is 2.42 bits per heavy atom. The topological polar surface area (TPSA) is 56.4 Å². The van der Waals surface area contributed by atoms with E-state index in [1.54, 1.807) is 0 Å². The van der Waals surface area contributed by atoms with Crippen molar-refractivity contribution in [1.82, 2.24) is 4.98 Å². The van der Waals surface area contributed by atoms with Crippen LogP contribution >= 0.6 is 0 Å². The number of hydrogen-bond acceptors (Lipinski definition) is 2. The average molecular weight is 438 g/mol. The third-order valence-electron chi connectivity index (χ3n) is 6.46. The van der Waals surface area contributed by atoms with Gasteiger partial charge in [0.25, 0.3) is 5.91 Å². The molecule has 5 heteroatoms. The lowest BCUT2D eigenvalue weighted by Crippen LogP contribution is -2.47. The fourth-order valence-corrected chi connectivity index (χ4v) is 4.91. The van der Waals surface area contributed by atoms with Crippen molar-refractivity contribution in [3.8, 4) is 0 Å². The number of benzene rings is 3. The van der Waals surface area contributed by atoms with Crippen molar-refractivity contribution in [1.29, 1.82) is 0 Å². The van der Waals surface area contributed by atoms with E-state index in [1.807, 2.05) is 102 Å². The highest BCUT2D eigenvalue weighted by Crippen LogP contribution is 2.43. The second-order valence-electron chi connectivity index (χ2n) is 8.56. The average Bonchev–Trinajstić information content (AvgIpc) is 3.29. The van der Waals surface area contributed by atoms with Gasteiger partial charge in [0.15, 0.2) is 0 Å². The van der Waals surface area contributed by atoms with Gasteiger partial charge in [-0.2, -0.15) is 0 Å². The first-order valence-corrected chi connectivity index (χ1v) is 11.5. The number of nitrogens with zero attached hydrogens (tertiary/aromatic N) is 2. The minimum absolute atomic E-state index is 0.0577. The van der Waals surface area contributed by atoms with Crippen molar-refractivity contribution in [2.45, 2.75) is 38.8 Å². The van der Waals surface area contributed by atoms with Crippen molar-refractivity contribution in [2.24, 2.45) is 0 Å². The normalized spacial score (nSPS) is 17.6. The summed E-state index contributed by atoms with van der Waals surface area (Å²) in [5.74, 6) is 0.0151. The highest BCUT2D eigenvalue weighted by Gasteiger charge is 2.38. The van der Waals surface area contributed by atoms with Crippen molar-refractivity contribution >= 4 is 34.1 Å². The van der Waals surface area contributed by atoms with Crippen molar-refractivity contribution < 1.29 is 9.59 Å². The van der Waals surface area contributed by atoms with E-state index < -0.39 is 0 Å². The second-order valence-corrected chi connectivity index (χ2v) is 8.56. The van der Waals surface area contributed by atoms with Gasteiger partial charge < -0.3 is 14.8 Å². The van der Waals surface area contributed by atoms with E-state index in [-0.39, 0.29) is 23.9 Å². The lowest BCUT2D eigenvalue weighted by Gasteiger charge is -2.43. The summed E-state index contributed by atoms with van der Waals surface area (Å²) in [5.41, 5.74) is 4.24. The molecular weight excluding hydrogens is 410 g/mol. The predicted octanol–water partition coefficient (Wildman–Crippen LogP) is 6.09. The van der Waals surface area contributed by atoms with Gasteiger partial charge >= 0.3 is 0 Å². The Morgan fingerprint density at radius 1 is 0.970 bits per heavy atom. The van der Waals surface area contributed by atoms with E-state index >= 15 is 0 Å². The van der Waals surface area contributed by atoms with Gasteiger partial charge in [-0.05, 0) is 49.2 Å². The summed E-state index contributed by atoms with van der Waals surface area (Å²) in [6.07, 6.45) is 1.07. The van der Waals surface area contributed by atoms with Crippen LogP contribution < -0.4 is 9.80 Å². The third-order valence-corrected chi connectivity index (χ3v) is 6.46. The number of anilines is 2. The Balaban J connectivity index is 1.58. The van der Waals surface area contributed by atoms with Gasteiger partial charge in [0.05, 0.1) is 6.04 Å². The summed E-state index contributed by atoms with van der Waals surface area (Å²) < 4.78 is 0. The van der Waals surface area contributed by atoms with Crippen molar-refractivity contribution in [2.75, 3.05) is 9.80 Å². The Bertz CT molecular complexity index is 1280. The van der Waals surface area contributed by atoms with Gasteiger partial charge in [0, 0.05) is 34.7 Å². The van der Waals surface area contributed by atoms with Gasteiger partial charge in [0.2, 0.25) is 5.91 Å². The molecule has 0 spiro atoms. The number of H-pyrrole nitrogens is 1. The van der Waals surface area contributed by atoms with E-state index in [2.05, 4.69) is 11.9 Å². The third kappa shape index (κ3) is 3.69. The van der Waals surface area contributed by atoms with Crippen LogP contribution in [0.15, 0.2) is 84.9 Å². The van der Waals surface area contributed by atoms with E-state index in [4.69, 9.17) is 0 Å². The van der Waals surface area contributed by atoms with Crippen LogP contribution in [0.25, 0.3) is 10.9 Å². The van der Waals surface area contributed by atoms with E-state index in [1.165, 1.54) is 0 Å². The molecule has 4 aromatic rings. The highest BCUT2D eigenvalue weighted by atomic mass is 16.2. The zero-order valence-electron chi connectivity index (χ0n) is 18.9. The monoisotopic (exact) mass is 437 g/mol. The standard InChI is InChI=1S/C28H27N3O2/c1-3-27(32)31(21-12-5-4-6-13-21)26-17-19(2)30(25-16-10-8-14-22(25)26)28(33)24-18-20-11-7-9-15-23(20)29-24/h4-16,18-19,26,29H,3,17H2,1-2H3/t19-,26+/m0/s1. The number of carbonyl (C=O) groups excluding carboxylic acids is 2. The van der Waals surface area contributed by atoms with Crippen LogP contribution in [0.2, 0.25) is 0 Å². The van der Waals surface area contributed by atoms with Gasteiger partial charge in [-0.3, -0.25) is 9.59 Å². The van der Waals surface area contributed by atoms with Crippen LogP contribution in [-0.2, 0) is 4.79 Å². The highest BCUT2D eigenvalue weighted by molar-refractivity contribution is 6.09. The molecule has 0 radical (unpaired) electrons. The molecule has 0 unspecified atom stereocenters. The predicted molar refractivity (Wildman–Crippen MR) is 133 cm³/mol. The van der Waals surface area contributed by atoms with Crippen LogP contribution in [0, 0.1) is 0 Å². The molecule has 1 aliphatic rings. The quantitative estimate of drug-likeness (QED) is 0.420. The fourth-order valence-electron chi connectivity index (χ4n) is 4.91. The number of hydrogen-bond donors (Lipinski definition) is 1. The molecule has 166 valence electrons. The zero-order valence-corrected chi connectivity index (χ0v) is 18.9. The molecule has 1 aromatic heterocycles. The number of carbonyl (C=O) groups is 2. The second kappa shape index (κ2) is 8.58. The summed E-state index contributed by atoms with van der Waals surface area (Å²) in [6, 6.07) is 27.4. The summed E-state index contributed by atoms with van der Waals surface area (Å²) >= 11 is 0. The number of aromatic nitrogens is 1. The molecule has 2 heterocycles. The summed E-state index contributed by atoms with van der Waals surface area (Å²) in [5, 5.41) is 1.01. The number of nitrogens with one attached hydrogen (secondary N) is 1. The largest absolute Gasteiger partial charge is 0.351 e. The molecule has 0 saturated carbocycles. The van der Waals surface area contributed by atoms with Crippen LogP contribution in [0.3, 0.4) is 0 Å². The van der Waals surface area contributed by atoms with Gasteiger partial charge in [-0.1, -0.05) is 61.5 Å². The molecule has 5 rings (SSSR count). The first kappa shape index (κ1) is 21.0. The molecule has 0 bridgehead atoms. The zero-order chi connectivity index (χ0) is 22.9. The van der Waals surface area contributed by atoms with Gasteiger partial charge in [-0.25, -0.2) is 0 Å². The Kier molecular flexibility index (Phi) is 5.47. The maximum Gasteiger partial charge on any atom is 0.274 e. The van der Waals surface area contributed by atoms with Crippen LogP contribution in [0.4, 0.5) is 11.4 Å². The SMILES string of the molecule is CCC(=O)N(c1ccccc1)[C@@H]1C[C@H](C)N(C(=O)c2cc3ccccc3[nH]2)c2ccccc21. The molecule has 0 aliphatic carbocycles. The van der Waals surface area contributed by atoms with E-state index in [0.717, 1.165) is 27.8 Å². The molecule has 0 fully saturated rings. The Morgan fingerprint density at radius 2 is 1.67 bits per heavy atom. The lowest BCUT2D eigenvalue weighted by atomic mass is 9.89. The molecule has 2 atom stereocenters. The Labute approximate surface area is 193 Å². The summed E-state index contributed by atoms with van der Waals surface area (Å²) in [6.45, 7) is 3.95. The first-order valence-electron chi connectivity index (χ1n) is 11.5. The Hall–Kier alpha value is -3.86. The molecule has 5 nitrogen and oxygen atoms in total. The molecular formula is C28H27N3O2. The summed E-state index contributed by atoms with van der Waals surface area (Å²) in [7, 11) is 0. The number of rotatable bonds is 4. The minimum Gasteiger partial charge on any atom is -0.351 e. The number of para-hydroxylation sites is 3. The maximum absolute atomic E-state index is 13.7. The minimum atomic E-state index is -0.141. The molecule has 33 heavy (non-hydrogen) atoms. The number of fused-ring (bicyclic) bond motifs is 2. The molecule has 1 N–H and O–H groups in total. The molecule has 3 aromatic carbocycles. The smallest absolute Gasteiger partial charge is 0.274 e. The van der Waals surface area contributed by atoms with Crippen LogP contribution in [0.5, 0.6) is 0 Å². The molecule has 0 saturated heterocycles.